The van der Waals surface area contributed by atoms with E-state index in [2.05, 4.69) is 28.1 Å². The molecular weight excluding hydrogens is 396 g/mol. The SMILES string of the molecule is Cc1cc(Br)oc1C(=O)N1CCN(C(=O)CCCc2ccccc2)CC1. The number of carbonyl (C=O) groups is 2. The second-order valence-electron chi connectivity index (χ2n) is 6.57. The summed E-state index contributed by atoms with van der Waals surface area (Å²) < 4.78 is 6.00. The van der Waals surface area contributed by atoms with E-state index in [4.69, 9.17) is 4.42 Å². The third-order valence-corrected chi connectivity index (χ3v) is 5.09. The molecule has 26 heavy (non-hydrogen) atoms. The number of halogens is 1. The van der Waals surface area contributed by atoms with Gasteiger partial charge in [0.1, 0.15) is 0 Å². The molecule has 2 heterocycles. The number of nitrogens with zero attached hydrogens (tertiary/aromatic N) is 2. The zero-order valence-corrected chi connectivity index (χ0v) is 16.5. The molecule has 1 aliphatic rings. The molecule has 3 rings (SSSR count). The van der Waals surface area contributed by atoms with Crippen LogP contribution in [0, 0.1) is 6.92 Å². The number of hydrogen-bond donors (Lipinski definition) is 0. The summed E-state index contributed by atoms with van der Waals surface area (Å²) in [5.74, 6) is 0.439. The molecule has 0 saturated carbocycles. The van der Waals surface area contributed by atoms with Crippen molar-refractivity contribution in [1.82, 2.24) is 9.80 Å². The fourth-order valence-electron chi connectivity index (χ4n) is 3.20. The zero-order chi connectivity index (χ0) is 18.5. The molecule has 0 radical (unpaired) electrons. The Bertz CT molecular complexity index is 765. The number of carbonyl (C=O) groups excluding carboxylic acids is 2. The lowest BCUT2D eigenvalue weighted by molar-refractivity contribution is -0.132. The molecule has 1 aliphatic heterocycles. The van der Waals surface area contributed by atoms with Crippen molar-refractivity contribution in [2.45, 2.75) is 26.2 Å². The van der Waals surface area contributed by atoms with Crippen LogP contribution in [0.1, 0.15) is 34.5 Å². The molecule has 0 unspecified atom stereocenters. The Labute approximate surface area is 162 Å². The number of amides is 2. The van der Waals surface area contributed by atoms with E-state index in [1.807, 2.05) is 30.0 Å². The smallest absolute Gasteiger partial charge is 0.290 e. The summed E-state index contributed by atoms with van der Waals surface area (Å²) >= 11 is 3.25. The summed E-state index contributed by atoms with van der Waals surface area (Å²) in [5, 5.41) is 0. The summed E-state index contributed by atoms with van der Waals surface area (Å²) in [6.45, 7) is 4.10. The summed E-state index contributed by atoms with van der Waals surface area (Å²) in [7, 11) is 0. The zero-order valence-electron chi connectivity index (χ0n) is 14.9. The Hall–Kier alpha value is -2.08. The van der Waals surface area contributed by atoms with Gasteiger partial charge in [0, 0.05) is 38.2 Å². The summed E-state index contributed by atoms with van der Waals surface area (Å²) in [4.78, 5) is 28.6. The molecule has 0 spiro atoms. The first-order valence-electron chi connectivity index (χ1n) is 8.91. The van der Waals surface area contributed by atoms with Crippen LogP contribution in [0.25, 0.3) is 0 Å². The van der Waals surface area contributed by atoms with E-state index in [1.54, 1.807) is 11.0 Å². The minimum Gasteiger partial charge on any atom is -0.444 e. The van der Waals surface area contributed by atoms with Crippen molar-refractivity contribution in [3.05, 3.63) is 58.0 Å². The molecule has 1 aromatic carbocycles. The first kappa shape index (κ1) is 18.7. The maximum absolute atomic E-state index is 12.5. The van der Waals surface area contributed by atoms with Gasteiger partial charge in [-0.15, -0.1) is 0 Å². The normalized spacial score (nSPS) is 14.5. The van der Waals surface area contributed by atoms with E-state index in [9.17, 15) is 9.59 Å². The third-order valence-electron chi connectivity index (χ3n) is 4.70. The number of benzene rings is 1. The Kier molecular flexibility index (Phi) is 6.14. The van der Waals surface area contributed by atoms with Gasteiger partial charge >= 0.3 is 0 Å². The van der Waals surface area contributed by atoms with E-state index in [1.165, 1.54) is 5.56 Å². The average Bonchev–Trinajstić information content (AvgIpc) is 3.00. The molecule has 2 aromatic rings. The van der Waals surface area contributed by atoms with Gasteiger partial charge in [-0.2, -0.15) is 0 Å². The lowest BCUT2D eigenvalue weighted by Crippen LogP contribution is -2.50. The van der Waals surface area contributed by atoms with Gasteiger partial charge in [0.05, 0.1) is 0 Å². The topological polar surface area (TPSA) is 53.8 Å². The van der Waals surface area contributed by atoms with Gasteiger partial charge < -0.3 is 14.2 Å². The van der Waals surface area contributed by atoms with Gasteiger partial charge in [-0.3, -0.25) is 9.59 Å². The van der Waals surface area contributed by atoms with Gasteiger partial charge in [0.2, 0.25) is 5.91 Å². The van der Waals surface area contributed by atoms with E-state index in [0.717, 1.165) is 18.4 Å². The van der Waals surface area contributed by atoms with Crippen LogP contribution in [0.2, 0.25) is 0 Å². The van der Waals surface area contributed by atoms with E-state index in [0.29, 0.717) is 43.0 Å². The summed E-state index contributed by atoms with van der Waals surface area (Å²) in [5.41, 5.74) is 2.08. The number of hydrogen-bond acceptors (Lipinski definition) is 3. The van der Waals surface area contributed by atoms with Gasteiger partial charge in [0.25, 0.3) is 5.91 Å². The number of rotatable bonds is 5. The Morgan fingerprint density at radius 1 is 1.08 bits per heavy atom. The van der Waals surface area contributed by atoms with Crippen molar-refractivity contribution in [2.75, 3.05) is 26.2 Å². The lowest BCUT2D eigenvalue weighted by Gasteiger charge is -2.34. The molecule has 0 N–H and O–H groups in total. The van der Waals surface area contributed by atoms with Crippen molar-refractivity contribution in [3.63, 3.8) is 0 Å². The van der Waals surface area contributed by atoms with E-state index in [-0.39, 0.29) is 11.8 Å². The van der Waals surface area contributed by atoms with E-state index >= 15 is 0 Å². The number of piperazine rings is 1. The summed E-state index contributed by atoms with van der Waals surface area (Å²) in [6, 6.07) is 12.0. The van der Waals surface area contributed by atoms with Crippen molar-refractivity contribution in [2.24, 2.45) is 0 Å². The minimum atomic E-state index is -0.107. The molecule has 138 valence electrons. The van der Waals surface area contributed by atoms with Crippen LogP contribution in [0.5, 0.6) is 0 Å². The summed E-state index contributed by atoms with van der Waals surface area (Å²) in [6.07, 6.45) is 2.31. The maximum Gasteiger partial charge on any atom is 0.290 e. The monoisotopic (exact) mass is 418 g/mol. The molecule has 0 bridgehead atoms. The molecule has 0 atom stereocenters. The highest BCUT2D eigenvalue weighted by Gasteiger charge is 2.27. The largest absolute Gasteiger partial charge is 0.444 e. The first-order valence-corrected chi connectivity index (χ1v) is 9.71. The van der Waals surface area contributed by atoms with Crippen LogP contribution in [0.15, 0.2) is 45.5 Å². The second kappa shape index (κ2) is 8.54. The highest BCUT2D eigenvalue weighted by molar-refractivity contribution is 9.10. The lowest BCUT2D eigenvalue weighted by atomic mass is 10.1. The van der Waals surface area contributed by atoms with Gasteiger partial charge in [-0.25, -0.2) is 0 Å². The first-order chi connectivity index (χ1) is 12.5. The van der Waals surface area contributed by atoms with Crippen LogP contribution in [-0.2, 0) is 11.2 Å². The molecule has 5 nitrogen and oxygen atoms in total. The van der Waals surface area contributed by atoms with Crippen LogP contribution in [0.3, 0.4) is 0 Å². The molecule has 1 aromatic heterocycles. The number of aryl methyl sites for hydroxylation is 2. The third kappa shape index (κ3) is 4.55. The van der Waals surface area contributed by atoms with Crippen LogP contribution < -0.4 is 0 Å². The van der Waals surface area contributed by atoms with Gasteiger partial charge in [-0.1, -0.05) is 30.3 Å². The molecule has 1 saturated heterocycles. The standard InChI is InChI=1S/C20H23BrN2O3/c1-15-14-17(21)26-19(15)20(25)23-12-10-22(11-13-23)18(24)9-5-8-16-6-3-2-4-7-16/h2-4,6-7,14H,5,8-13H2,1H3. The van der Waals surface area contributed by atoms with Gasteiger partial charge in [0.15, 0.2) is 10.4 Å². The molecule has 1 fully saturated rings. The highest BCUT2D eigenvalue weighted by atomic mass is 79.9. The molecule has 2 amide bonds. The van der Waals surface area contributed by atoms with Crippen molar-refractivity contribution < 1.29 is 14.0 Å². The van der Waals surface area contributed by atoms with Crippen LogP contribution in [0.4, 0.5) is 0 Å². The molecule has 0 aliphatic carbocycles. The van der Waals surface area contributed by atoms with Crippen molar-refractivity contribution in [3.8, 4) is 0 Å². The predicted octanol–water partition coefficient (Wildman–Crippen LogP) is 3.66. The quantitative estimate of drug-likeness (QED) is 0.744. The van der Waals surface area contributed by atoms with Crippen molar-refractivity contribution in [1.29, 1.82) is 0 Å². The van der Waals surface area contributed by atoms with E-state index < -0.39 is 0 Å². The number of furan rings is 1. The fraction of sp³-hybridized carbons (Fsp3) is 0.400. The average molecular weight is 419 g/mol. The highest BCUT2D eigenvalue weighted by Crippen LogP contribution is 2.21. The predicted molar refractivity (Wildman–Crippen MR) is 103 cm³/mol. The minimum absolute atomic E-state index is 0.107. The Morgan fingerprint density at radius 3 is 2.35 bits per heavy atom. The Balaban J connectivity index is 1.45. The van der Waals surface area contributed by atoms with Crippen molar-refractivity contribution >= 4 is 27.7 Å². The van der Waals surface area contributed by atoms with Gasteiger partial charge in [-0.05, 0) is 47.3 Å². The molecule has 6 heteroatoms. The van der Waals surface area contributed by atoms with Crippen LogP contribution in [-0.4, -0.2) is 47.8 Å². The second-order valence-corrected chi connectivity index (χ2v) is 7.36. The maximum atomic E-state index is 12.5. The fourth-order valence-corrected chi connectivity index (χ4v) is 3.71. The molecular formula is C20H23BrN2O3. The Morgan fingerprint density at radius 2 is 1.73 bits per heavy atom. The van der Waals surface area contributed by atoms with Crippen LogP contribution >= 0.6 is 15.9 Å².